The van der Waals surface area contributed by atoms with Gasteiger partial charge in [-0.1, -0.05) is 11.8 Å². The van der Waals surface area contributed by atoms with Crippen LogP contribution in [-0.4, -0.2) is 45.5 Å². The zero-order valence-electron chi connectivity index (χ0n) is 16.3. The second-order valence-electron chi connectivity index (χ2n) is 6.37. The van der Waals surface area contributed by atoms with Crippen molar-refractivity contribution in [3.63, 3.8) is 0 Å². The molecule has 1 amide bonds. The van der Waals surface area contributed by atoms with Crippen molar-refractivity contribution < 1.29 is 14.3 Å². The molecule has 8 nitrogen and oxygen atoms in total. The highest BCUT2D eigenvalue weighted by Gasteiger charge is 2.16. The van der Waals surface area contributed by atoms with E-state index in [9.17, 15) is 4.79 Å². The first-order valence-electron chi connectivity index (χ1n) is 8.75. The lowest BCUT2D eigenvalue weighted by Crippen LogP contribution is -2.14. The van der Waals surface area contributed by atoms with Crippen molar-refractivity contribution in [2.75, 3.05) is 25.3 Å². The van der Waals surface area contributed by atoms with Crippen molar-refractivity contribution in [3.8, 4) is 11.5 Å². The maximum Gasteiger partial charge on any atom is 0.236 e. The van der Waals surface area contributed by atoms with Gasteiger partial charge in [-0.3, -0.25) is 9.20 Å². The first-order valence-corrected chi connectivity index (χ1v) is 10.6. The van der Waals surface area contributed by atoms with Gasteiger partial charge in [0.1, 0.15) is 0 Å². The summed E-state index contributed by atoms with van der Waals surface area (Å²) in [4.78, 5) is 16.6. The van der Waals surface area contributed by atoms with Gasteiger partial charge in [0.15, 0.2) is 27.4 Å². The predicted octanol–water partition coefficient (Wildman–Crippen LogP) is 3.70. The van der Waals surface area contributed by atoms with Gasteiger partial charge in [-0.25, -0.2) is 4.98 Å². The molecular formula is C19H19N5O3S2. The van der Waals surface area contributed by atoms with Crippen LogP contribution in [0.1, 0.15) is 11.3 Å². The number of hydrogen-bond acceptors (Lipinski definition) is 8. The number of aromatic nitrogens is 4. The van der Waals surface area contributed by atoms with E-state index in [0.717, 1.165) is 27.8 Å². The molecule has 4 rings (SSSR count). The lowest BCUT2D eigenvalue weighted by atomic mass is 10.1. The number of pyridine rings is 1. The Bertz CT molecular complexity index is 1220. The number of carbonyl (C=O) groups is 1. The number of nitrogens with one attached hydrogen (secondary N) is 1. The molecule has 0 aliphatic rings. The Morgan fingerprint density at radius 3 is 2.62 bits per heavy atom. The van der Waals surface area contributed by atoms with Crippen LogP contribution in [-0.2, 0) is 4.79 Å². The molecule has 3 heterocycles. The number of aryl methyl sites for hydroxylation is 2. The Kier molecular flexibility index (Phi) is 5.29. The average molecular weight is 430 g/mol. The monoisotopic (exact) mass is 429 g/mol. The Balaban J connectivity index is 1.68. The fourth-order valence-electron chi connectivity index (χ4n) is 3.02. The number of rotatable bonds is 6. The van der Waals surface area contributed by atoms with Gasteiger partial charge in [-0.2, -0.15) is 0 Å². The van der Waals surface area contributed by atoms with E-state index in [1.165, 1.54) is 23.1 Å². The van der Waals surface area contributed by atoms with E-state index < -0.39 is 0 Å². The summed E-state index contributed by atoms with van der Waals surface area (Å²) in [6.45, 7) is 3.87. The molecule has 0 saturated heterocycles. The number of carbonyl (C=O) groups excluding carboxylic acids is 1. The standard InChI is InChI=1S/C19H19N5O3S2/c1-10-5-12-6-14(26-3)15(27-4)7-13(12)24-17(10)22-23-19(24)29-9-16(25)21-18-20-11(2)8-28-18/h5-8H,9H2,1-4H3,(H,20,21,25). The molecular weight excluding hydrogens is 410 g/mol. The number of fused-ring (bicyclic) bond motifs is 3. The van der Waals surface area contributed by atoms with Crippen LogP contribution >= 0.6 is 23.1 Å². The lowest BCUT2D eigenvalue weighted by Gasteiger charge is -2.12. The second kappa shape index (κ2) is 7.88. The van der Waals surface area contributed by atoms with Crippen molar-refractivity contribution in [3.05, 3.63) is 34.8 Å². The normalized spacial score (nSPS) is 11.2. The molecule has 0 aliphatic carbocycles. The van der Waals surface area contributed by atoms with Crippen molar-refractivity contribution in [1.82, 2.24) is 19.6 Å². The first-order chi connectivity index (χ1) is 14.0. The van der Waals surface area contributed by atoms with Crippen LogP contribution in [0.2, 0.25) is 0 Å². The molecule has 4 aromatic rings. The lowest BCUT2D eigenvalue weighted by molar-refractivity contribution is -0.113. The number of thioether (sulfide) groups is 1. The molecule has 0 radical (unpaired) electrons. The third kappa shape index (κ3) is 3.73. The Labute approximate surface area is 175 Å². The summed E-state index contributed by atoms with van der Waals surface area (Å²) in [5.74, 6) is 1.32. The van der Waals surface area contributed by atoms with E-state index in [2.05, 4.69) is 20.5 Å². The molecule has 0 saturated carbocycles. The van der Waals surface area contributed by atoms with Gasteiger partial charge in [0, 0.05) is 16.8 Å². The molecule has 1 aromatic carbocycles. The van der Waals surface area contributed by atoms with Crippen LogP contribution in [0.25, 0.3) is 16.6 Å². The Morgan fingerprint density at radius 2 is 1.93 bits per heavy atom. The van der Waals surface area contributed by atoms with Gasteiger partial charge < -0.3 is 14.8 Å². The Morgan fingerprint density at radius 1 is 1.17 bits per heavy atom. The molecule has 0 bridgehead atoms. The molecule has 29 heavy (non-hydrogen) atoms. The fourth-order valence-corrected chi connectivity index (χ4v) is 4.47. The molecule has 150 valence electrons. The first kappa shape index (κ1) is 19.5. The van der Waals surface area contributed by atoms with Crippen LogP contribution in [0.3, 0.4) is 0 Å². The van der Waals surface area contributed by atoms with Gasteiger partial charge in [0.25, 0.3) is 0 Å². The van der Waals surface area contributed by atoms with Crippen molar-refractivity contribution >= 4 is 50.7 Å². The largest absolute Gasteiger partial charge is 0.493 e. The highest BCUT2D eigenvalue weighted by molar-refractivity contribution is 7.99. The second-order valence-corrected chi connectivity index (χ2v) is 8.17. The van der Waals surface area contributed by atoms with Crippen LogP contribution in [0.4, 0.5) is 5.13 Å². The van der Waals surface area contributed by atoms with Gasteiger partial charge in [0.05, 0.1) is 31.2 Å². The van der Waals surface area contributed by atoms with Crippen LogP contribution in [0, 0.1) is 13.8 Å². The van der Waals surface area contributed by atoms with E-state index >= 15 is 0 Å². The summed E-state index contributed by atoms with van der Waals surface area (Å²) >= 11 is 2.72. The summed E-state index contributed by atoms with van der Waals surface area (Å²) in [5, 5.41) is 15.5. The van der Waals surface area contributed by atoms with Crippen LogP contribution in [0.15, 0.2) is 28.7 Å². The van der Waals surface area contributed by atoms with Gasteiger partial charge >= 0.3 is 0 Å². The van der Waals surface area contributed by atoms with Crippen molar-refractivity contribution in [2.24, 2.45) is 0 Å². The molecule has 0 fully saturated rings. The molecule has 0 atom stereocenters. The van der Waals surface area contributed by atoms with E-state index in [1.54, 1.807) is 14.2 Å². The average Bonchev–Trinajstić information content (AvgIpc) is 3.32. The van der Waals surface area contributed by atoms with E-state index in [0.29, 0.717) is 21.8 Å². The molecule has 3 aromatic heterocycles. The number of anilines is 1. The van der Waals surface area contributed by atoms with Gasteiger partial charge in [0.2, 0.25) is 5.91 Å². The minimum absolute atomic E-state index is 0.141. The number of amides is 1. The van der Waals surface area contributed by atoms with Crippen LogP contribution < -0.4 is 14.8 Å². The number of ether oxygens (including phenoxy) is 2. The summed E-state index contributed by atoms with van der Waals surface area (Å²) in [5.41, 5.74) is 3.48. The minimum atomic E-state index is -0.141. The van der Waals surface area contributed by atoms with E-state index in [-0.39, 0.29) is 11.7 Å². The third-order valence-corrected chi connectivity index (χ3v) is 6.13. The highest BCUT2D eigenvalue weighted by atomic mass is 32.2. The minimum Gasteiger partial charge on any atom is -0.493 e. The van der Waals surface area contributed by atoms with E-state index in [4.69, 9.17) is 9.47 Å². The molecule has 0 unspecified atom stereocenters. The smallest absolute Gasteiger partial charge is 0.236 e. The Hall–Kier alpha value is -2.85. The number of hydrogen-bond donors (Lipinski definition) is 1. The van der Waals surface area contributed by atoms with Crippen LogP contribution in [0.5, 0.6) is 11.5 Å². The maximum absolute atomic E-state index is 12.3. The fraction of sp³-hybridized carbons (Fsp3) is 0.263. The van der Waals surface area contributed by atoms with Gasteiger partial charge in [-0.15, -0.1) is 21.5 Å². The SMILES string of the molecule is COc1cc2cc(C)c3nnc(SCC(=O)Nc4nc(C)cs4)n3c2cc1OC. The number of benzene rings is 1. The summed E-state index contributed by atoms with van der Waals surface area (Å²) in [6, 6.07) is 5.85. The highest BCUT2D eigenvalue weighted by Crippen LogP contribution is 2.34. The molecule has 0 spiro atoms. The molecule has 1 N–H and O–H groups in total. The van der Waals surface area contributed by atoms with E-state index in [1.807, 2.05) is 41.8 Å². The number of thiazole rings is 1. The topological polar surface area (TPSA) is 90.6 Å². The quantitative estimate of drug-likeness (QED) is 0.467. The zero-order valence-corrected chi connectivity index (χ0v) is 18.0. The van der Waals surface area contributed by atoms with Gasteiger partial charge in [-0.05, 0) is 31.5 Å². The number of nitrogens with zero attached hydrogens (tertiary/aromatic N) is 4. The third-order valence-electron chi connectivity index (χ3n) is 4.33. The summed E-state index contributed by atoms with van der Waals surface area (Å²) < 4.78 is 12.8. The maximum atomic E-state index is 12.3. The molecule has 10 heteroatoms. The number of methoxy groups -OCH3 is 2. The van der Waals surface area contributed by atoms with Crippen molar-refractivity contribution in [1.29, 1.82) is 0 Å². The summed E-state index contributed by atoms with van der Waals surface area (Å²) in [6.07, 6.45) is 0. The predicted molar refractivity (Wildman–Crippen MR) is 115 cm³/mol. The molecule has 0 aliphatic heterocycles. The summed E-state index contributed by atoms with van der Waals surface area (Å²) in [7, 11) is 3.21. The zero-order chi connectivity index (χ0) is 20.5. The van der Waals surface area contributed by atoms with Crippen molar-refractivity contribution in [2.45, 2.75) is 19.0 Å².